The van der Waals surface area contributed by atoms with E-state index in [1.165, 1.54) is 0 Å². The second-order valence-corrected chi connectivity index (χ2v) is 6.63. The minimum Gasteiger partial charge on any atom is -0.354 e. The van der Waals surface area contributed by atoms with Crippen molar-refractivity contribution in [2.75, 3.05) is 25.0 Å². The van der Waals surface area contributed by atoms with Gasteiger partial charge in [-0.1, -0.05) is 35.9 Å². The van der Waals surface area contributed by atoms with Gasteiger partial charge >= 0.3 is 6.03 Å². The van der Waals surface area contributed by atoms with Crippen LogP contribution in [0, 0.1) is 0 Å². The van der Waals surface area contributed by atoms with Crippen LogP contribution >= 0.6 is 11.6 Å². The third-order valence-electron chi connectivity index (χ3n) is 4.10. The Morgan fingerprint density at radius 2 is 1.77 bits per heavy atom. The highest BCUT2D eigenvalue weighted by Gasteiger charge is 2.15. The molecule has 0 aliphatic carbocycles. The van der Waals surface area contributed by atoms with Crippen LogP contribution in [0.2, 0.25) is 5.02 Å². The van der Waals surface area contributed by atoms with Gasteiger partial charge < -0.3 is 16.0 Å². The first-order valence-electron chi connectivity index (χ1n) is 8.46. The molecule has 3 amide bonds. The molecule has 3 N–H and O–H groups in total. The number of piperazine rings is 1. The Morgan fingerprint density at radius 3 is 2.46 bits per heavy atom. The van der Waals surface area contributed by atoms with Crippen molar-refractivity contribution in [1.82, 2.24) is 15.5 Å². The Balaban J connectivity index is 1.46. The lowest BCUT2D eigenvalue weighted by Crippen LogP contribution is -2.47. The van der Waals surface area contributed by atoms with E-state index in [4.69, 9.17) is 11.6 Å². The number of rotatable bonds is 5. The number of anilines is 1. The predicted molar refractivity (Wildman–Crippen MR) is 102 cm³/mol. The summed E-state index contributed by atoms with van der Waals surface area (Å²) in [5.74, 6) is 0.0619. The third-order valence-corrected chi connectivity index (χ3v) is 4.35. The van der Waals surface area contributed by atoms with Crippen molar-refractivity contribution in [2.24, 2.45) is 0 Å². The van der Waals surface area contributed by atoms with Crippen molar-refractivity contribution in [3.63, 3.8) is 0 Å². The number of urea groups is 1. The fourth-order valence-corrected chi connectivity index (χ4v) is 2.86. The lowest BCUT2D eigenvalue weighted by molar-refractivity contribution is -0.124. The first-order chi connectivity index (χ1) is 12.6. The topological polar surface area (TPSA) is 73.5 Å². The van der Waals surface area contributed by atoms with E-state index in [0.29, 0.717) is 24.7 Å². The van der Waals surface area contributed by atoms with Crippen LogP contribution in [-0.4, -0.2) is 36.5 Å². The van der Waals surface area contributed by atoms with Gasteiger partial charge in [0, 0.05) is 36.9 Å². The number of benzene rings is 2. The van der Waals surface area contributed by atoms with Crippen LogP contribution in [0.1, 0.15) is 11.1 Å². The molecule has 0 atom stereocenters. The van der Waals surface area contributed by atoms with E-state index >= 15 is 0 Å². The lowest BCUT2D eigenvalue weighted by atomic mass is 10.2. The van der Waals surface area contributed by atoms with Gasteiger partial charge in [-0.2, -0.15) is 0 Å². The normalized spacial score (nSPS) is 14.6. The summed E-state index contributed by atoms with van der Waals surface area (Å²) in [6.45, 7) is 3.10. The molecule has 1 saturated heterocycles. The smallest absolute Gasteiger partial charge is 0.319 e. The lowest BCUT2D eigenvalue weighted by Gasteiger charge is -2.26. The average Bonchev–Trinajstić information content (AvgIpc) is 2.63. The number of hydrogen-bond donors (Lipinski definition) is 3. The van der Waals surface area contributed by atoms with Gasteiger partial charge in [0.2, 0.25) is 5.91 Å². The maximum atomic E-state index is 12.0. The number of hydrogen-bond acceptors (Lipinski definition) is 3. The molecule has 1 aliphatic rings. The van der Waals surface area contributed by atoms with Crippen LogP contribution in [0.4, 0.5) is 10.5 Å². The Morgan fingerprint density at radius 1 is 1.08 bits per heavy atom. The second kappa shape index (κ2) is 8.69. The molecule has 0 radical (unpaired) electrons. The molecule has 2 aromatic rings. The summed E-state index contributed by atoms with van der Waals surface area (Å²) in [5.41, 5.74) is 2.80. The molecule has 0 unspecified atom stereocenters. The highest BCUT2D eigenvalue weighted by atomic mass is 35.5. The van der Waals surface area contributed by atoms with Crippen LogP contribution < -0.4 is 16.0 Å². The molecule has 136 valence electrons. The van der Waals surface area contributed by atoms with E-state index in [2.05, 4.69) is 20.9 Å². The monoisotopic (exact) mass is 372 g/mol. The van der Waals surface area contributed by atoms with Gasteiger partial charge in [-0.05, 0) is 35.4 Å². The van der Waals surface area contributed by atoms with Gasteiger partial charge in [0.05, 0.1) is 6.54 Å². The zero-order valence-electron chi connectivity index (χ0n) is 14.3. The van der Waals surface area contributed by atoms with Crippen LogP contribution in [-0.2, 0) is 17.9 Å². The minimum atomic E-state index is -0.264. The fourth-order valence-electron chi connectivity index (χ4n) is 2.74. The van der Waals surface area contributed by atoms with Crippen LogP contribution in [0.3, 0.4) is 0 Å². The highest BCUT2D eigenvalue weighted by Crippen LogP contribution is 2.12. The predicted octanol–water partition coefficient (Wildman–Crippen LogP) is 2.59. The van der Waals surface area contributed by atoms with Gasteiger partial charge in [0.15, 0.2) is 0 Å². The molecule has 1 aliphatic heterocycles. The minimum absolute atomic E-state index is 0.0619. The Bertz CT molecular complexity index is 762. The van der Waals surface area contributed by atoms with Crippen molar-refractivity contribution in [1.29, 1.82) is 0 Å². The van der Waals surface area contributed by atoms with E-state index in [1.807, 2.05) is 36.4 Å². The van der Waals surface area contributed by atoms with Gasteiger partial charge in [-0.15, -0.1) is 0 Å². The summed E-state index contributed by atoms with van der Waals surface area (Å²) in [5, 5.41) is 9.10. The Labute approximate surface area is 157 Å². The van der Waals surface area contributed by atoms with Gasteiger partial charge in [-0.3, -0.25) is 9.69 Å². The van der Waals surface area contributed by atoms with E-state index in [0.717, 1.165) is 29.9 Å². The molecular formula is C19H21ClN4O2. The summed E-state index contributed by atoms with van der Waals surface area (Å²) in [7, 11) is 0. The number of nitrogens with one attached hydrogen (secondary N) is 3. The van der Waals surface area contributed by atoms with Gasteiger partial charge in [-0.25, -0.2) is 4.79 Å². The van der Waals surface area contributed by atoms with Crippen molar-refractivity contribution >= 4 is 29.2 Å². The standard InChI is InChI=1S/C19H21ClN4O2/c20-16-5-1-14(2-6-16)11-22-19(26)23-17-7-3-15(4-8-17)12-24-10-9-21-18(25)13-24/h1-8H,9-13H2,(H,21,25)(H2,22,23,26). The fraction of sp³-hybridized carbons (Fsp3) is 0.263. The van der Waals surface area contributed by atoms with Crippen molar-refractivity contribution < 1.29 is 9.59 Å². The van der Waals surface area contributed by atoms with Gasteiger partial charge in [0.25, 0.3) is 0 Å². The molecule has 1 heterocycles. The first-order valence-corrected chi connectivity index (χ1v) is 8.83. The molecule has 3 rings (SSSR count). The largest absolute Gasteiger partial charge is 0.354 e. The van der Waals surface area contributed by atoms with Crippen LogP contribution in [0.25, 0.3) is 0 Å². The summed E-state index contributed by atoms with van der Waals surface area (Å²) >= 11 is 5.84. The molecule has 0 saturated carbocycles. The molecular weight excluding hydrogens is 352 g/mol. The van der Waals surface area contributed by atoms with Crippen LogP contribution in [0.15, 0.2) is 48.5 Å². The number of amides is 3. The number of carbonyl (C=O) groups excluding carboxylic acids is 2. The van der Waals surface area contributed by atoms with Crippen LogP contribution in [0.5, 0.6) is 0 Å². The first kappa shape index (κ1) is 18.2. The summed E-state index contributed by atoms with van der Waals surface area (Å²) in [6.07, 6.45) is 0. The summed E-state index contributed by atoms with van der Waals surface area (Å²) in [6, 6.07) is 14.7. The zero-order valence-corrected chi connectivity index (χ0v) is 15.1. The maximum Gasteiger partial charge on any atom is 0.319 e. The molecule has 0 aromatic heterocycles. The van der Waals surface area contributed by atoms with Gasteiger partial charge in [0.1, 0.15) is 0 Å². The Hall–Kier alpha value is -2.57. The number of nitrogens with zero attached hydrogens (tertiary/aromatic N) is 1. The van der Waals surface area contributed by atoms with Crippen molar-refractivity contribution in [3.05, 3.63) is 64.7 Å². The zero-order chi connectivity index (χ0) is 18.4. The second-order valence-electron chi connectivity index (χ2n) is 6.19. The average molecular weight is 373 g/mol. The van der Waals surface area contributed by atoms with Crippen molar-refractivity contribution in [2.45, 2.75) is 13.1 Å². The van der Waals surface area contributed by atoms with E-state index in [9.17, 15) is 9.59 Å². The molecule has 6 nitrogen and oxygen atoms in total. The quantitative estimate of drug-likeness (QED) is 0.755. The molecule has 1 fully saturated rings. The van der Waals surface area contributed by atoms with E-state index in [1.54, 1.807) is 12.1 Å². The third kappa shape index (κ3) is 5.47. The van der Waals surface area contributed by atoms with E-state index in [-0.39, 0.29) is 11.9 Å². The SMILES string of the molecule is O=C1CN(Cc2ccc(NC(=O)NCc3ccc(Cl)cc3)cc2)CCN1. The number of carbonyl (C=O) groups is 2. The molecule has 2 aromatic carbocycles. The molecule has 0 bridgehead atoms. The highest BCUT2D eigenvalue weighted by molar-refractivity contribution is 6.30. The summed E-state index contributed by atoms with van der Waals surface area (Å²) < 4.78 is 0. The Kier molecular flexibility index (Phi) is 6.09. The summed E-state index contributed by atoms with van der Waals surface area (Å²) in [4.78, 5) is 25.5. The van der Waals surface area contributed by atoms with Crippen molar-refractivity contribution in [3.8, 4) is 0 Å². The number of halogens is 1. The maximum absolute atomic E-state index is 12.0. The molecule has 7 heteroatoms. The van der Waals surface area contributed by atoms with E-state index < -0.39 is 0 Å². The molecule has 26 heavy (non-hydrogen) atoms. The molecule has 0 spiro atoms.